The molecule has 0 N–H and O–H groups in total. The minimum atomic E-state index is 0.0695. The van der Waals surface area contributed by atoms with Crippen LogP contribution in [0.5, 0.6) is 5.75 Å². The van der Waals surface area contributed by atoms with E-state index in [-0.39, 0.29) is 5.78 Å². The monoisotopic (exact) mass is 358 g/mol. The number of carbonyl (C=O) groups is 1. The van der Waals surface area contributed by atoms with Crippen molar-refractivity contribution in [2.45, 2.75) is 16.2 Å². The van der Waals surface area contributed by atoms with Crippen LogP contribution >= 0.6 is 59.2 Å². The third-order valence-corrected chi connectivity index (χ3v) is 5.24. The van der Waals surface area contributed by atoms with E-state index in [1.807, 2.05) is 0 Å². The number of ketones is 1. The van der Waals surface area contributed by atoms with Crippen LogP contribution in [0.3, 0.4) is 0 Å². The van der Waals surface area contributed by atoms with E-state index in [0.29, 0.717) is 29.2 Å². The van der Waals surface area contributed by atoms with Gasteiger partial charge in [-0.2, -0.15) is 0 Å². The summed E-state index contributed by atoms with van der Waals surface area (Å²) in [6, 6.07) is 1.73. The molecule has 0 saturated heterocycles. The number of hydrogen-bond acceptors (Lipinski definition) is 4. The van der Waals surface area contributed by atoms with E-state index in [4.69, 9.17) is 26.1 Å². The van der Waals surface area contributed by atoms with E-state index in [1.165, 1.54) is 0 Å². The largest absolute Gasteiger partial charge is 0.491 e. The quantitative estimate of drug-likeness (QED) is 0.749. The molecule has 0 bridgehead atoms. The Bertz CT molecular complexity index is 454. The second-order valence-corrected chi connectivity index (χ2v) is 5.97. The summed E-state index contributed by atoms with van der Waals surface area (Å²) in [6.45, 7) is 0.393. The van der Waals surface area contributed by atoms with Gasteiger partial charge in [-0.25, -0.2) is 0 Å². The first-order chi connectivity index (χ1) is 7.69. The van der Waals surface area contributed by atoms with Crippen LogP contribution < -0.4 is 4.74 Å². The highest BCUT2D eigenvalue weighted by Crippen LogP contribution is 2.48. The van der Waals surface area contributed by atoms with Gasteiger partial charge in [-0.05, 0) is 65.3 Å². The van der Waals surface area contributed by atoms with Crippen LogP contribution in [0.2, 0.25) is 0 Å². The molecule has 0 amide bonds. The van der Waals surface area contributed by atoms with Crippen LogP contribution in [0.15, 0.2) is 20.3 Å². The van der Waals surface area contributed by atoms with Gasteiger partial charge in [0.05, 0.1) is 22.0 Å². The number of Topliss-reactive ketones (excluding diaryl/α,β-unsaturated/α-hetero) is 1. The highest BCUT2D eigenvalue weighted by molar-refractivity contribution is 9.10. The predicted octanol–water partition coefficient (Wildman–Crippen LogP) is 4.91. The molecule has 0 atom stereocenters. The Hall–Kier alpha value is 0.450. The van der Waals surface area contributed by atoms with Crippen molar-refractivity contribution in [3.8, 4) is 5.75 Å². The molecule has 1 aromatic carbocycles. The molecule has 0 radical (unpaired) electrons. The lowest BCUT2D eigenvalue weighted by Gasteiger charge is -2.20. The van der Waals surface area contributed by atoms with E-state index in [1.54, 1.807) is 6.07 Å². The summed E-state index contributed by atoms with van der Waals surface area (Å²) in [7, 11) is 13.6. The number of benzene rings is 1. The second-order valence-electron chi connectivity index (χ2n) is 3.07. The molecule has 1 aliphatic rings. The van der Waals surface area contributed by atoms with Gasteiger partial charge in [-0.1, -0.05) is 0 Å². The van der Waals surface area contributed by atoms with Gasteiger partial charge in [0.2, 0.25) is 0 Å². The molecule has 1 aromatic rings. The van der Waals surface area contributed by atoms with Crippen LogP contribution in [0, 0.1) is 0 Å². The zero-order chi connectivity index (χ0) is 11.7. The van der Waals surface area contributed by atoms with E-state index in [0.717, 1.165) is 31.3 Å². The molecule has 86 valence electrons. The number of fused-ring (bicyclic) bond motifs is 1. The lowest BCUT2D eigenvalue weighted by Crippen LogP contribution is -2.16. The molecule has 7 heteroatoms. The second kappa shape index (κ2) is 5.40. The molecule has 1 heterocycles. The molecule has 0 unspecified atom stereocenters. The minimum Gasteiger partial charge on any atom is -0.491 e. The Morgan fingerprint density at radius 2 is 2.00 bits per heavy atom. The van der Waals surface area contributed by atoms with Crippen molar-refractivity contribution >= 4 is 65.0 Å². The Labute approximate surface area is 119 Å². The molecular weight excluding hydrogens is 355 g/mol. The predicted molar refractivity (Wildman–Crippen MR) is 72.0 cm³/mol. The number of rotatable bonds is 2. The Morgan fingerprint density at radius 3 is 2.62 bits per heavy atom. The fraction of sp³-hybridized carbons (Fsp3) is 0.222. The summed E-state index contributed by atoms with van der Waals surface area (Å²) in [5, 5.41) is 0. The first-order valence-electron chi connectivity index (χ1n) is 4.28. The molecule has 2 nitrogen and oxygen atoms in total. The summed E-state index contributed by atoms with van der Waals surface area (Å²) >= 11 is 3.37. The normalized spacial score (nSPS) is 14.6. The van der Waals surface area contributed by atoms with Gasteiger partial charge in [0.15, 0.2) is 5.78 Å². The lowest BCUT2D eigenvalue weighted by atomic mass is 10.1. The maximum atomic E-state index is 11.7. The molecule has 0 saturated carbocycles. The van der Waals surface area contributed by atoms with Crippen molar-refractivity contribution in [1.82, 2.24) is 0 Å². The molecule has 0 fully saturated rings. The van der Waals surface area contributed by atoms with Crippen LogP contribution in [0.25, 0.3) is 0 Å². The SMILES string of the molecule is O=C1CCOc2c1cc(Br)c(SCl)c2SCl. The zero-order valence-electron chi connectivity index (χ0n) is 7.76. The molecule has 0 spiro atoms. The molecule has 16 heavy (non-hydrogen) atoms. The van der Waals surface area contributed by atoms with E-state index in [2.05, 4.69) is 15.9 Å². The minimum absolute atomic E-state index is 0.0695. The van der Waals surface area contributed by atoms with Crippen LogP contribution in [0.1, 0.15) is 16.8 Å². The van der Waals surface area contributed by atoms with E-state index in [9.17, 15) is 4.79 Å². The lowest BCUT2D eigenvalue weighted by molar-refractivity contribution is 0.0930. The molecular formula is C9H5BrCl2O2S2. The van der Waals surface area contributed by atoms with E-state index >= 15 is 0 Å². The topological polar surface area (TPSA) is 26.3 Å². The van der Waals surface area contributed by atoms with Crippen LogP contribution in [-0.4, -0.2) is 12.4 Å². The van der Waals surface area contributed by atoms with Crippen molar-refractivity contribution < 1.29 is 9.53 Å². The highest BCUT2D eigenvalue weighted by atomic mass is 79.9. The molecule has 0 aliphatic carbocycles. The average molecular weight is 360 g/mol. The van der Waals surface area contributed by atoms with Crippen LogP contribution in [-0.2, 0) is 0 Å². The highest BCUT2D eigenvalue weighted by Gasteiger charge is 2.26. The number of ether oxygens (including phenoxy) is 1. The fourth-order valence-corrected chi connectivity index (χ4v) is 4.71. The van der Waals surface area contributed by atoms with Gasteiger partial charge < -0.3 is 4.74 Å². The summed E-state index contributed by atoms with van der Waals surface area (Å²) in [5.74, 6) is 0.614. The Morgan fingerprint density at radius 1 is 1.31 bits per heavy atom. The Kier molecular flexibility index (Phi) is 4.35. The van der Waals surface area contributed by atoms with Gasteiger partial charge in [-0.15, -0.1) is 0 Å². The average Bonchev–Trinajstić information content (AvgIpc) is 2.28. The van der Waals surface area contributed by atoms with Crippen molar-refractivity contribution in [3.05, 3.63) is 16.1 Å². The Balaban J connectivity index is 2.68. The maximum Gasteiger partial charge on any atom is 0.170 e. The van der Waals surface area contributed by atoms with E-state index < -0.39 is 0 Å². The number of halogens is 3. The fourth-order valence-electron chi connectivity index (χ4n) is 1.46. The first kappa shape index (κ1) is 12.9. The summed E-state index contributed by atoms with van der Waals surface area (Å²) < 4.78 is 6.25. The van der Waals surface area contributed by atoms with Crippen molar-refractivity contribution in [1.29, 1.82) is 0 Å². The van der Waals surface area contributed by atoms with Crippen molar-refractivity contribution in [2.24, 2.45) is 0 Å². The molecule has 2 rings (SSSR count). The smallest absolute Gasteiger partial charge is 0.170 e. The van der Waals surface area contributed by atoms with Crippen molar-refractivity contribution in [3.63, 3.8) is 0 Å². The van der Waals surface area contributed by atoms with Crippen molar-refractivity contribution in [2.75, 3.05) is 6.61 Å². The standard InChI is InChI=1S/C9H5BrCl2O2S2/c10-5-3-4-6(13)1-2-14-7(4)9(16-12)8(5)15-11/h3H,1-2H2. The van der Waals surface area contributed by atoms with Gasteiger partial charge in [0.1, 0.15) is 5.75 Å². The summed E-state index contributed by atoms with van der Waals surface area (Å²) in [5.41, 5.74) is 0.566. The van der Waals surface area contributed by atoms with Crippen LogP contribution in [0.4, 0.5) is 0 Å². The van der Waals surface area contributed by atoms with Gasteiger partial charge >= 0.3 is 0 Å². The maximum absolute atomic E-state index is 11.7. The third-order valence-electron chi connectivity index (χ3n) is 2.18. The van der Waals surface area contributed by atoms with Gasteiger partial charge in [0.25, 0.3) is 0 Å². The molecule has 1 aliphatic heterocycles. The summed E-state index contributed by atoms with van der Waals surface area (Å²) in [6.07, 6.45) is 0.402. The number of carbonyl (C=O) groups excluding carboxylic acids is 1. The number of hydrogen-bond donors (Lipinski definition) is 0. The van der Waals surface area contributed by atoms with Gasteiger partial charge in [0, 0.05) is 10.9 Å². The molecule has 0 aromatic heterocycles. The summed E-state index contributed by atoms with van der Waals surface area (Å²) in [4.78, 5) is 13.2. The first-order valence-corrected chi connectivity index (χ1v) is 8.36. The van der Waals surface area contributed by atoms with Gasteiger partial charge in [-0.3, -0.25) is 4.79 Å². The third kappa shape index (κ3) is 2.20. The zero-order valence-corrected chi connectivity index (χ0v) is 12.5.